The van der Waals surface area contributed by atoms with Crippen molar-refractivity contribution in [3.63, 3.8) is 0 Å². The van der Waals surface area contributed by atoms with Gasteiger partial charge in [0.05, 0.1) is 24.0 Å². The van der Waals surface area contributed by atoms with Crippen molar-refractivity contribution in [2.45, 2.75) is 254 Å². The Kier molecular flexibility index (Phi) is 35.5. The minimum absolute atomic E-state index is 0.00571. The summed E-state index contributed by atoms with van der Waals surface area (Å²) in [6.07, 6.45) is 36.8. The Morgan fingerprint density at radius 3 is 1.33 bits per heavy atom. The molecular weight excluding hydrogens is 671 g/mol. The van der Waals surface area contributed by atoms with E-state index in [0.717, 1.165) is 103 Å². The molecular formula is C48H95NO5. The molecule has 0 aliphatic rings. The van der Waals surface area contributed by atoms with E-state index in [1.165, 1.54) is 109 Å². The molecule has 0 aromatic carbocycles. The number of carbonyl (C=O) groups excluding carboxylic acids is 2. The van der Waals surface area contributed by atoms with E-state index in [4.69, 9.17) is 9.47 Å². The van der Waals surface area contributed by atoms with E-state index in [0.29, 0.717) is 13.2 Å². The van der Waals surface area contributed by atoms with E-state index in [1.54, 1.807) is 0 Å². The van der Waals surface area contributed by atoms with Crippen LogP contribution in [0.25, 0.3) is 0 Å². The zero-order valence-corrected chi connectivity index (χ0v) is 37.6. The first kappa shape index (κ1) is 52.9. The highest BCUT2D eigenvalue weighted by molar-refractivity contribution is 5.76. The number of unbranched alkanes of at least 4 members (excludes halogenated alkanes) is 22. The first-order valence-corrected chi connectivity index (χ1v) is 23.8. The predicted octanol–water partition coefficient (Wildman–Crippen LogP) is 13.9. The van der Waals surface area contributed by atoms with Crippen LogP contribution in [0.1, 0.15) is 248 Å². The van der Waals surface area contributed by atoms with Crippen molar-refractivity contribution in [1.29, 1.82) is 0 Å². The highest BCUT2D eigenvalue weighted by Gasteiger charge is 2.31. The van der Waals surface area contributed by atoms with Gasteiger partial charge in [-0.15, -0.1) is 0 Å². The highest BCUT2D eigenvalue weighted by Crippen LogP contribution is 2.29. The van der Waals surface area contributed by atoms with Gasteiger partial charge in [0.2, 0.25) is 0 Å². The maximum Gasteiger partial charge on any atom is 0.311 e. The van der Waals surface area contributed by atoms with E-state index in [-0.39, 0.29) is 24.6 Å². The fourth-order valence-electron chi connectivity index (χ4n) is 7.49. The van der Waals surface area contributed by atoms with Crippen LogP contribution >= 0.6 is 0 Å². The molecule has 322 valence electrons. The van der Waals surface area contributed by atoms with Gasteiger partial charge in [-0.2, -0.15) is 0 Å². The topological polar surface area (TPSA) is 76.1 Å². The third kappa shape index (κ3) is 31.0. The number of hydrogen-bond donors (Lipinski definition) is 1. The molecule has 0 rings (SSSR count). The zero-order chi connectivity index (χ0) is 40.2. The van der Waals surface area contributed by atoms with Gasteiger partial charge >= 0.3 is 11.9 Å². The van der Waals surface area contributed by atoms with Gasteiger partial charge in [0.25, 0.3) is 0 Å². The first-order valence-electron chi connectivity index (χ1n) is 23.8. The van der Waals surface area contributed by atoms with Crippen molar-refractivity contribution in [3.05, 3.63) is 0 Å². The molecule has 0 amide bonds. The maximum atomic E-state index is 13.4. The monoisotopic (exact) mass is 766 g/mol. The average Bonchev–Trinajstić information content (AvgIpc) is 3.14. The van der Waals surface area contributed by atoms with Gasteiger partial charge in [-0.1, -0.05) is 162 Å². The fraction of sp³-hybridized carbons (Fsp3) is 0.958. The molecule has 0 radical (unpaired) electrons. The van der Waals surface area contributed by atoms with E-state index in [2.05, 4.69) is 39.5 Å². The molecule has 0 aromatic rings. The van der Waals surface area contributed by atoms with Crippen molar-refractivity contribution >= 4 is 11.9 Å². The molecule has 0 aliphatic heterocycles. The lowest BCUT2D eigenvalue weighted by molar-refractivity contribution is -0.161. The fourth-order valence-corrected chi connectivity index (χ4v) is 7.49. The molecule has 0 fully saturated rings. The summed E-state index contributed by atoms with van der Waals surface area (Å²) in [5, 5.41) is 9.67. The van der Waals surface area contributed by atoms with Crippen LogP contribution < -0.4 is 0 Å². The van der Waals surface area contributed by atoms with Crippen LogP contribution in [0.5, 0.6) is 0 Å². The highest BCUT2D eigenvalue weighted by atomic mass is 16.5. The smallest absolute Gasteiger partial charge is 0.311 e. The lowest BCUT2D eigenvalue weighted by Gasteiger charge is -2.27. The number of esters is 2. The van der Waals surface area contributed by atoms with E-state index in [9.17, 15) is 14.7 Å². The minimum atomic E-state index is -0.454. The van der Waals surface area contributed by atoms with Crippen molar-refractivity contribution in [2.24, 2.45) is 10.8 Å². The number of aliphatic hydroxyl groups is 1. The second-order valence-electron chi connectivity index (χ2n) is 18.1. The molecule has 0 bridgehead atoms. The number of ether oxygens (including phenoxy) is 2. The SMILES string of the molecule is CCCCCCCCCCCOC(=O)C(C)(C)CCCCN(CCO)CCCCCCC(C)(C)C(=O)OC(CCCCCCCC)CCCCCCCC. The zero-order valence-electron chi connectivity index (χ0n) is 37.6. The van der Waals surface area contributed by atoms with Crippen molar-refractivity contribution in [2.75, 3.05) is 32.8 Å². The molecule has 0 unspecified atom stereocenters. The molecule has 54 heavy (non-hydrogen) atoms. The predicted molar refractivity (Wildman–Crippen MR) is 232 cm³/mol. The Labute approximate surface area is 337 Å². The average molecular weight is 766 g/mol. The summed E-state index contributed by atoms with van der Waals surface area (Å²) in [4.78, 5) is 28.5. The summed E-state index contributed by atoms with van der Waals surface area (Å²) in [6, 6.07) is 0. The lowest BCUT2D eigenvalue weighted by Crippen LogP contribution is -2.31. The second kappa shape index (κ2) is 36.2. The van der Waals surface area contributed by atoms with Crippen LogP contribution in [-0.4, -0.2) is 60.9 Å². The molecule has 0 saturated carbocycles. The number of nitrogens with zero attached hydrogens (tertiary/aromatic N) is 1. The van der Waals surface area contributed by atoms with Gasteiger partial charge in [-0.3, -0.25) is 9.59 Å². The molecule has 0 spiro atoms. The number of aliphatic hydroxyl groups excluding tert-OH is 1. The summed E-state index contributed by atoms with van der Waals surface area (Å²) < 4.78 is 11.9. The molecule has 0 aromatic heterocycles. The Hall–Kier alpha value is -1.14. The number of hydrogen-bond acceptors (Lipinski definition) is 6. The summed E-state index contributed by atoms with van der Waals surface area (Å²) in [5.74, 6) is -0.0688. The van der Waals surface area contributed by atoms with Gasteiger partial charge in [-0.05, 0) is 98.6 Å². The Morgan fingerprint density at radius 1 is 0.481 bits per heavy atom. The van der Waals surface area contributed by atoms with E-state index >= 15 is 0 Å². The molecule has 0 saturated heterocycles. The number of rotatable bonds is 41. The Bertz CT molecular complexity index is 827. The molecule has 6 heteroatoms. The van der Waals surface area contributed by atoms with Crippen LogP contribution in [0.4, 0.5) is 0 Å². The number of carbonyl (C=O) groups is 2. The largest absolute Gasteiger partial charge is 0.465 e. The molecule has 1 N–H and O–H groups in total. The van der Waals surface area contributed by atoms with Crippen molar-refractivity contribution in [3.8, 4) is 0 Å². The van der Waals surface area contributed by atoms with E-state index in [1.807, 2.05) is 13.8 Å². The van der Waals surface area contributed by atoms with Gasteiger partial charge < -0.3 is 19.5 Å². The first-order chi connectivity index (χ1) is 26.0. The normalized spacial score (nSPS) is 12.3. The molecule has 6 nitrogen and oxygen atoms in total. The molecule has 0 atom stereocenters. The molecule has 0 heterocycles. The van der Waals surface area contributed by atoms with Crippen LogP contribution in [0.15, 0.2) is 0 Å². The maximum absolute atomic E-state index is 13.4. The third-order valence-corrected chi connectivity index (χ3v) is 11.6. The quantitative estimate of drug-likeness (QED) is 0.0493. The standard InChI is InChI=1S/C48H95NO5/c1-8-11-14-17-20-21-22-27-34-43-53-45(51)47(4,5)38-31-33-40-49(41-42-50)39-32-26-25-30-37-48(6,7)46(52)54-44(35-28-23-18-15-12-9-2)36-29-24-19-16-13-10-3/h44,50H,8-43H2,1-7H3. The third-order valence-electron chi connectivity index (χ3n) is 11.6. The van der Waals surface area contributed by atoms with Crippen LogP contribution in [0.2, 0.25) is 0 Å². The lowest BCUT2D eigenvalue weighted by atomic mass is 9.86. The second-order valence-corrected chi connectivity index (χ2v) is 18.1. The van der Waals surface area contributed by atoms with Crippen LogP contribution in [-0.2, 0) is 19.1 Å². The van der Waals surface area contributed by atoms with Crippen molar-refractivity contribution in [1.82, 2.24) is 4.90 Å². The Morgan fingerprint density at radius 2 is 0.852 bits per heavy atom. The molecule has 0 aliphatic carbocycles. The van der Waals surface area contributed by atoms with Gasteiger partial charge in [-0.25, -0.2) is 0 Å². The summed E-state index contributed by atoms with van der Waals surface area (Å²) in [7, 11) is 0. The minimum Gasteiger partial charge on any atom is -0.465 e. The summed E-state index contributed by atoms with van der Waals surface area (Å²) in [5.41, 5.74) is -0.902. The summed E-state index contributed by atoms with van der Waals surface area (Å²) >= 11 is 0. The van der Waals surface area contributed by atoms with E-state index < -0.39 is 10.8 Å². The Balaban J connectivity index is 4.38. The van der Waals surface area contributed by atoms with Gasteiger partial charge in [0.1, 0.15) is 6.10 Å². The van der Waals surface area contributed by atoms with Crippen LogP contribution in [0, 0.1) is 10.8 Å². The summed E-state index contributed by atoms with van der Waals surface area (Å²) in [6.45, 7) is 18.3. The van der Waals surface area contributed by atoms with Crippen LogP contribution in [0.3, 0.4) is 0 Å². The van der Waals surface area contributed by atoms with Crippen molar-refractivity contribution < 1.29 is 24.2 Å². The van der Waals surface area contributed by atoms with Gasteiger partial charge in [0, 0.05) is 6.54 Å². The van der Waals surface area contributed by atoms with Gasteiger partial charge in [0.15, 0.2) is 0 Å².